The number of hydrogen-bond acceptors (Lipinski definition) is 1. The molecule has 0 N–H and O–H groups in total. The summed E-state index contributed by atoms with van der Waals surface area (Å²) in [5.74, 6) is 1.68. The molecule has 1 saturated carbocycles. The topological polar surface area (TPSA) is 9.23 Å². The van der Waals surface area contributed by atoms with Gasteiger partial charge in [0.2, 0.25) is 0 Å². The molecule has 1 heteroatoms. The summed E-state index contributed by atoms with van der Waals surface area (Å²) in [6.07, 6.45) is 3.83. The number of methoxy groups -OCH3 is 1. The van der Waals surface area contributed by atoms with Gasteiger partial charge >= 0.3 is 0 Å². The summed E-state index contributed by atoms with van der Waals surface area (Å²) in [5, 5.41) is 0. The molecule has 0 atom stereocenters. The summed E-state index contributed by atoms with van der Waals surface area (Å²) in [7, 11) is 1.78. The minimum absolute atomic E-state index is 0.418. The van der Waals surface area contributed by atoms with E-state index in [2.05, 4.69) is 52.8 Å². The molecule has 0 heterocycles. The average molecular weight is 260 g/mol. The van der Waals surface area contributed by atoms with Crippen LogP contribution in [0.2, 0.25) is 0 Å². The molecule has 0 unspecified atom stereocenters. The zero-order chi connectivity index (χ0) is 14.3. The maximum Gasteiger partial charge on any atom is 0.122 e. The van der Waals surface area contributed by atoms with E-state index in [1.54, 1.807) is 7.11 Å². The fourth-order valence-electron chi connectivity index (χ4n) is 4.24. The van der Waals surface area contributed by atoms with Gasteiger partial charge in [-0.1, -0.05) is 45.4 Å². The number of rotatable bonds is 2. The van der Waals surface area contributed by atoms with E-state index < -0.39 is 0 Å². The quantitative estimate of drug-likeness (QED) is 0.699. The van der Waals surface area contributed by atoms with Gasteiger partial charge in [-0.3, -0.25) is 0 Å². The molecule has 0 aliphatic heterocycles. The van der Waals surface area contributed by atoms with Gasteiger partial charge in [-0.25, -0.2) is 0 Å². The van der Waals surface area contributed by atoms with Crippen molar-refractivity contribution in [1.29, 1.82) is 0 Å². The van der Waals surface area contributed by atoms with Crippen molar-refractivity contribution >= 4 is 0 Å². The van der Waals surface area contributed by atoms with Crippen LogP contribution in [0.4, 0.5) is 0 Å². The molecule has 2 rings (SSSR count). The molecule has 1 aromatic carbocycles. The Kier molecular flexibility index (Phi) is 3.68. The Morgan fingerprint density at radius 1 is 1.05 bits per heavy atom. The Morgan fingerprint density at radius 3 is 2.16 bits per heavy atom. The summed E-state index contributed by atoms with van der Waals surface area (Å²) in [4.78, 5) is 0. The van der Waals surface area contributed by atoms with Crippen molar-refractivity contribution in [3.63, 3.8) is 0 Å². The van der Waals surface area contributed by atoms with Crippen molar-refractivity contribution in [2.24, 2.45) is 10.8 Å². The van der Waals surface area contributed by atoms with Crippen LogP contribution in [0.15, 0.2) is 18.2 Å². The standard InChI is InChI=1S/C18H28O/c1-13-7-8-16(19-6)15(9-13)14-10-17(2,3)12-18(4,5)11-14/h7-9,14H,10-12H2,1-6H3. The lowest BCUT2D eigenvalue weighted by Gasteiger charge is -2.45. The summed E-state index contributed by atoms with van der Waals surface area (Å²) in [5.41, 5.74) is 3.57. The van der Waals surface area contributed by atoms with Crippen molar-refractivity contribution in [1.82, 2.24) is 0 Å². The van der Waals surface area contributed by atoms with Crippen molar-refractivity contribution in [3.8, 4) is 5.75 Å². The van der Waals surface area contributed by atoms with Crippen LogP contribution >= 0.6 is 0 Å². The molecule has 0 bridgehead atoms. The van der Waals surface area contributed by atoms with Crippen molar-refractivity contribution < 1.29 is 4.74 Å². The number of ether oxygens (including phenoxy) is 1. The second-order valence-corrected chi connectivity index (χ2v) is 7.86. The van der Waals surface area contributed by atoms with Gasteiger partial charge < -0.3 is 4.74 Å². The summed E-state index contributed by atoms with van der Waals surface area (Å²) >= 11 is 0. The third kappa shape index (κ3) is 3.32. The predicted octanol–water partition coefficient (Wildman–Crippen LogP) is 5.32. The molecule has 0 spiro atoms. The van der Waals surface area contributed by atoms with Crippen LogP contribution < -0.4 is 4.74 Å². The normalized spacial score (nSPS) is 22.2. The Hall–Kier alpha value is -0.980. The van der Waals surface area contributed by atoms with Gasteiger partial charge in [-0.2, -0.15) is 0 Å². The van der Waals surface area contributed by atoms with Crippen LogP contribution in [-0.2, 0) is 0 Å². The van der Waals surface area contributed by atoms with Crippen molar-refractivity contribution in [3.05, 3.63) is 29.3 Å². The Morgan fingerprint density at radius 2 is 1.63 bits per heavy atom. The predicted molar refractivity (Wildman–Crippen MR) is 81.9 cm³/mol. The number of hydrogen-bond donors (Lipinski definition) is 0. The highest BCUT2D eigenvalue weighted by Gasteiger charge is 2.39. The number of aryl methyl sites for hydroxylation is 1. The second kappa shape index (κ2) is 4.85. The minimum atomic E-state index is 0.418. The van der Waals surface area contributed by atoms with Gasteiger partial charge in [0.05, 0.1) is 7.11 Å². The maximum atomic E-state index is 5.59. The molecule has 106 valence electrons. The number of benzene rings is 1. The van der Waals surface area contributed by atoms with Crippen LogP contribution in [0.25, 0.3) is 0 Å². The van der Waals surface area contributed by atoms with E-state index >= 15 is 0 Å². The fourth-order valence-corrected chi connectivity index (χ4v) is 4.24. The first kappa shape index (κ1) is 14.4. The Balaban J connectivity index is 2.38. The Labute approximate surface area is 118 Å². The average Bonchev–Trinajstić information content (AvgIpc) is 2.24. The van der Waals surface area contributed by atoms with E-state index in [0.717, 1.165) is 5.75 Å². The molecule has 1 aliphatic carbocycles. The highest BCUT2D eigenvalue weighted by atomic mass is 16.5. The fraction of sp³-hybridized carbons (Fsp3) is 0.667. The van der Waals surface area contributed by atoms with Crippen LogP contribution in [0, 0.1) is 17.8 Å². The molecule has 1 nitrogen and oxygen atoms in total. The van der Waals surface area contributed by atoms with Crippen LogP contribution in [0.3, 0.4) is 0 Å². The van der Waals surface area contributed by atoms with Crippen molar-refractivity contribution in [2.45, 2.75) is 59.8 Å². The SMILES string of the molecule is COc1ccc(C)cc1C1CC(C)(C)CC(C)(C)C1. The molecule has 1 aromatic rings. The first-order valence-electron chi connectivity index (χ1n) is 7.37. The van der Waals surface area contributed by atoms with Crippen LogP contribution in [-0.4, -0.2) is 7.11 Å². The molecule has 19 heavy (non-hydrogen) atoms. The summed E-state index contributed by atoms with van der Waals surface area (Å²) < 4.78 is 5.59. The largest absolute Gasteiger partial charge is 0.496 e. The maximum absolute atomic E-state index is 5.59. The third-order valence-electron chi connectivity index (χ3n) is 4.38. The molecule has 1 fully saturated rings. The van der Waals surface area contributed by atoms with Gasteiger partial charge in [0.25, 0.3) is 0 Å². The van der Waals surface area contributed by atoms with E-state index in [1.165, 1.54) is 30.4 Å². The lowest BCUT2D eigenvalue weighted by atomic mass is 9.60. The highest BCUT2D eigenvalue weighted by molar-refractivity contribution is 5.40. The molecule has 0 amide bonds. The molecule has 1 aliphatic rings. The van der Waals surface area contributed by atoms with Crippen LogP contribution in [0.5, 0.6) is 5.75 Å². The smallest absolute Gasteiger partial charge is 0.122 e. The van der Waals surface area contributed by atoms with E-state index in [-0.39, 0.29) is 0 Å². The molecular weight excluding hydrogens is 232 g/mol. The lowest BCUT2D eigenvalue weighted by molar-refractivity contribution is 0.0960. The van der Waals surface area contributed by atoms with Crippen LogP contribution in [0.1, 0.15) is 64.0 Å². The van der Waals surface area contributed by atoms with Gasteiger partial charge in [0, 0.05) is 0 Å². The van der Waals surface area contributed by atoms with Gasteiger partial charge in [0.1, 0.15) is 5.75 Å². The first-order chi connectivity index (χ1) is 8.72. The Bertz CT molecular complexity index is 441. The van der Waals surface area contributed by atoms with Gasteiger partial charge in [0.15, 0.2) is 0 Å². The summed E-state index contributed by atoms with van der Waals surface area (Å²) in [6, 6.07) is 6.59. The molecule has 0 aromatic heterocycles. The second-order valence-electron chi connectivity index (χ2n) is 7.86. The van der Waals surface area contributed by atoms with E-state index in [0.29, 0.717) is 16.7 Å². The highest BCUT2D eigenvalue weighted by Crippen LogP contribution is 2.53. The van der Waals surface area contributed by atoms with Gasteiger partial charge in [-0.15, -0.1) is 0 Å². The van der Waals surface area contributed by atoms with E-state index in [1.807, 2.05) is 0 Å². The zero-order valence-electron chi connectivity index (χ0n) is 13.3. The summed E-state index contributed by atoms with van der Waals surface area (Å²) in [6.45, 7) is 11.8. The van der Waals surface area contributed by atoms with E-state index in [4.69, 9.17) is 4.74 Å². The van der Waals surface area contributed by atoms with Gasteiger partial charge in [-0.05, 0) is 54.6 Å². The molecule has 0 saturated heterocycles. The van der Waals surface area contributed by atoms with Crippen molar-refractivity contribution in [2.75, 3.05) is 7.11 Å². The monoisotopic (exact) mass is 260 g/mol. The third-order valence-corrected chi connectivity index (χ3v) is 4.38. The molecule has 0 radical (unpaired) electrons. The molecular formula is C18H28O. The minimum Gasteiger partial charge on any atom is -0.496 e. The lowest BCUT2D eigenvalue weighted by Crippen LogP contribution is -2.33. The first-order valence-corrected chi connectivity index (χ1v) is 7.37. The van der Waals surface area contributed by atoms with E-state index in [9.17, 15) is 0 Å². The zero-order valence-corrected chi connectivity index (χ0v) is 13.3.